The van der Waals surface area contributed by atoms with Crippen molar-refractivity contribution in [2.24, 2.45) is 0 Å². The van der Waals surface area contributed by atoms with E-state index in [4.69, 9.17) is 9.47 Å². The molecule has 0 unspecified atom stereocenters. The van der Waals surface area contributed by atoms with Gasteiger partial charge in [0.1, 0.15) is 6.61 Å². The van der Waals surface area contributed by atoms with Crippen LogP contribution in [0.15, 0.2) is 0 Å². The lowest BCUT2D eigenvalue weighted by atomic mass is 10.7. The van der Waals surface area contributed by atoms with Crippen LogP contribution in [0.3, 0.4) is 0 Å². The molecule has 0 heterocycles. The van der Waals surface area contributed by atoms with Gasteiger partial charge in [-0.05, 0) is 6.92 Å². The number of hydrogen-bond donors (Lipinski definition) is 0. The predicted octanol–water partition coefficient (Wildman–Crippen LogP) is 0.848. The smallest absolute Gasteiger partial charge is 0.213 e. The van der Waals surface area contributed by atoms with Crippen molar-refractivity contribution in [1.82, 2.24) is 0 Å². The van der Waals surface area contributed by atoms with Gasteiger partial charge >= 0.3 is 0 Å². The van der Waals surface area contributed by atoms with Crippen LogP contribution in [0.1, 0.15) is 6.92 Å². The van der Waals surface area contributed by atoms with Crippen LogP contribution in [-0.4, -0.2) is 33.0 Å². The molecule has 0 saturated heterocycles. The van der Waals surface area contributed by atoms with E-state index in [1.165, 1.54) is 0 Å². The number of rotatable bonds is 7. The van der Waals surface area contributed by atoms with Gasteiger partial charge in [-0.25, -0.2) is 0 Å². The van der Waals surface area contributed by atoms with E-state index < -0.39 is 0 Å². The van der Waals surface area contributed by atoms with E-state index in [0.29, 0.717) is 26.4 Å². The van der Waals surface area contributed by atoms with E-state index >= 15 is 0 Å². The van der Waals surface area contributed by atoms with E-state index in [-0.39, 0.29) is 0 Å². The molecule has 0 aromatic carbocycles. The lowest BCUT2D eigenvalue weighted by Gasteiger charge is -2.00. The van der Waals surface area contributed by atoms with Crippen LogP contribution in [0.5, 0.6) is 0 Å². The number of ether oxygens (including phenoxy) is 3. The summed E-state index contributed by atoms with van der Waals surface area (Å²) in [6, 6.07) is 0. The Bertz CT molecular complexity index is 48.8. The van der Waals surface area contributed by atoms with E-state index in [1.54, 1.807) is 0 Å². The molecule has 0 aliphatic heterocycles. The first kappa shape index (κ1) is 9.75. The summed E-state index contributed by atoms with van der Waals surface area (Å²) in [4.78, 5) is 0. The maximum atomic E-state index is 5.09. The Morgan fingerprint density at radius 2 is 1.60 bits per heavy atom. The molecule has 0 N–H and O–H groups in total. The molecule has 0 aliphatic carbocycles. The first-order valence-electron chi connectivity index (χ1n) is 3.44. The zero-order valence-corrected chi connectivity index (χ0v) is 6.47. The highest BCUT2D eigenvalue weighted by Gasteiger charge is 1.88. The Balaban J connectivity index is 2.65. The summed E-state index contributed by atoms with van der Waals surface area (Å²) in [5, 5.41) is 0. The molecule has 0 aliphatic rings. The highest BCUT2D eigenvalue weighted by Crippen LogP contribution is 1.78. The van der Waals surface area contributed by atoms with Crippen LogP contribution in [0.4, 0.5) is 0 Å². The summed E-state index contributed by atoms with van der Waals surface area (Å²) in [6.07, 6.45) is 0. The van der Waals surface area contributed by atoms with Gasteiger partial charge in [0.2, 0.25) is 7.11 Å². The molecule has 0 aromatic rings. The van der Waals surface area contributed by atoms with Crippen molar-refractivity contribution >= 4 is 0 Å². The maximum Gasteiger partial charge on any atom is 0.213 e. The highest BCUT2D eigenvalue weighted by molar-refractivity contribution is 4.30. The summed E-state index contributed by atoms with van der Waals surface area (Å²) in [7, 11) is 3.21. The Morgan fingerprint density at radius 1 is 1.00 bits per heavy atom. The van der Waals surface area contributed by atoms with Crippen molar-refractivity contribution in [3.05, 3.63) is 7.11 Å². The molecule has 0 bridgehead atoms. The van der Waals surface area contributed by atoms with Crippen molar-refractivity contribution in [3.8, 4) is 0 Å². The van der Waals surface area contributed by atoms with Crippen LogP contribution < -0.4 is 0 Å². The first-order valence-corrected chi connectivity index (χ1v) is 3.44. The third kappa shape index (κ3) is 7.75. The predicted molar refractivity (Wildman–Crippen MR) is 38.6 cm³/mol. The fraction of sp³-hybridized carbons (Fsp3) is 0.857. The van der Waals surface area contributed by atoms with Gasteiger partial charge < -0.3 is 9.47 Å². The second-order valence-electron chi connectivity index (χ2n) is 1.72. The minimum atomic E-state index is 0.548. The van der Waals surface area contributed by atoms with Crippen LogP contribution >= 0.6 is 0 Å². The monoisotopic (exact) mass is 147 g/mol. The van der Waals surface area contributed by atoms with Crippen molar-refractivity contribution < 1.29 is 14.2 Å². The lowest BCUT2D eigenvalue weighted by Crippen LogP contribution is -2.07. The van der Waals surface area contributed by atoms with Crippen LogP contribution in [0.2, 0.25) is 0 Å². The van der Waals surface area contributed by atoms with Gasteiger partial charge in [-0.3, -0.25) is 0 Å². The summed E-state index contributed by atoms with van der Waals surface area (Å²) in [5.74, 6) is 0. The molecule has 0 amide bonds. The molecule has 0 radical (unpaired) electrons. The minimum absolute atomic E-state index is 0.548. The van der Waals surface area contributed by atoms with Crippen molar-refractivity contribution in [1.29, 1.82) is 0 Å². The normalized spacial score (nSPS) is 10.1. The topological polar surface area (TPSA) is 27.7 Å². The second-order valence-corrected chi connectivity index (χ2v) is 1.72. The standard InChI is InChI=1S/C7H15O3/c1-3-9-6-7-10-5-4-8-2/h2-7H2,1H3/q+1. The quantitative estimate of drug-likeness (QED) is 0.394. The Kier molecular flexibility index (Phi) is 8.53. The molecule has 3 nitrogen and oxygen atoms in total. The number of hydrogen-bond acceptors (Lipinski definition) is 3. The molecule has 10 heavy (non-hydrogen) atoms. The molecule has 0 spiro atoms. The Labute approximate surface area is 62.3 Å². The molecule has 60 valence electrons. The summed E-state index contributed by atoms with van der Waals surface area (Å²) >= 11 is 0. The molecular formula is C7H15O3+. The van der Waals surface area contributed by atoms with Crippen LogP contribution in [0, 0.1) is 7.11 Å². The third-order valence-corrected chi connectivity index (χ3v) is 0.948. The Hall–Kier alpha value is -0.250. The van der Waals surface area contributed by atoms with Gasteiger partial charge in [-0.15, -0.1) is 0 Å². The Morgan fingerprint density at radius 3 is 2.20 bits per heavy atom. The molecule has 0 fully saturated rings. The van der Waals surface area contributed by atoms with Crippen LogP contribution in [-0.2, 0) is 14.2 Å². The summed E-state index contributed by atoms with van der Waals surface area (Å²) in [5.41, 5.74) is 0. The van der Waals surface area contributed by atoms with E-state index in [9.17, 15) is 0 Å². The van der Waals surface area contributed by atoms with Gasteiger partial charge in [0.25, 0.3) is 0 Å². The fourth-order valence-corrected chi connectivity index (χ4v) is 0.482. The van der Waals surface area contributed by atoms with E-state index in [2.05, 4.69) is 11.8 Å². The second kappa shape index (κ2) is 8.75. The third-order valence-electron chi connectivity index (χ3n) is 0.948. The summed E-state index contributed by atoms with van der Waals surface area (Å²) < 4.78 is 14.7. The molecule has 0 saturated carbocycles. The molecular weight excluding hydrogens is 132 g/mol. The lowest BCUT2D eigenvalue weighted by molar-refractivity contribution is 0.0334. The molecule has 0 rings (SSSR count). The van der Waals surface area contributed by atoms with Gasteiger partial charge in [-0.2, -0.15) is 4.74 Å². The molecule has 0 atom stereocenters. The average Bonchev–Trinajstić information content (AvgIpc) is 1.97. The van der Waals surface area contributed by atoms with Crippen LogP contribution in [0.25, 0.3) is 0 Å². The van der Waals surface area contributed by atoms with Crippen molar-refractivity contribution in [2.75, 3.05) is 33.0 Å². The van der Waals surface area contributed by atoms with Gasteiger partial charge in [0, 0.05) is 6.61 Å². The SMILES string of the molecule is [CH2+]OCCOCCOCC. The summed E-state index contributed by atoms with van der Waals surface area (Å²) in [6.45, 7) is 5.14. The van der Waals surface area contributed by atoms with Crippen molar-refractivity contribution in [3.63, 3.8) is 0 Å². The molecule has 3 heteroatoms. The van der Waals surface area contributed by atoms with E-state index in [0.717, 1.165) is 6.61 Å². The van der Waals surface area contributed by atoms with Gasteiger partial charge in [-0.1, -0.05) is 0 Å². The average molecular weight is 147 g/mol. The van der Waals surface area contributed by atoms with Gasteiger partial charge in [0.15, 0.2) is 0 Å². The zero-order chi connectivity index (χ0) is 7.66. The van der Waals surface area contributed by atoms with Gasteiger partial charge in [0.05, 0.1) is 19.8 Å². The largest absolute Gasteiger partial charge is 0.379 e. The molecule has 0 aromatic heterocycles. The minimum Gasteiger partial charge on any atom is -0.379 e. The zero-order valence-electron chi connectivity index (χ0n) is 6.47. The van der Waals surface area contributed by atoms with Crippen molar-refractivity contribution in [2.45, 2.75) is 6.92 Å². The first-order chi connectivity index (χ1) is 4.91. The fourth-order valence-electron chi connectivity index (χ4n) is 0.482. The maximum absolute atomic E-state index is 5.09. The van der Waals surface area contributed by atoms with E-state index in [1.807, 2.05) is 6.92 Å². The highest BCUT2D eigenvalue weighted by atomic mass is 16.5.